The number of ether oxygens (including phenoxy) is 1. The van der Waals surface area contributed by atoms with E-state index < -0.39 is 17.8 Å². The van der Waals surface area contributed by atoms with Crippen LogP contribution >= 0.6 is 0 Å². The van der Waals surface area contributed by atoms with E-state index in [1.54, 1.807) is 0 Å². The summed E-state index contributed by atoms with van der Waals surface area (Å²) in [5.74, 6) is -1.56. The molecule has 0 aromatic carbocycles. The summed E-state index contributed by atoms with van der Waals surface area (Å²) in [4.78, 5) is 31.3. The Hall–Kier alpha value is -1.52. The van der Waals surface area contributed by atoms with Gasteiger partial charge in [0.15, 0.2) is 5.78 Å². The fraction of sp³-hybridized carbons (Fsp3) is 0.429. The van der Waals surface area contributed by atoms with Crippen molar-refractivity contribution in [3.05, 3.63) is 17.6 Å². The summed E-state index contributed by atoms with van der Waals surface area (Å²) in [5.41, 5.74) is 0. The molecular weight excluding hydrogens is 162 g/mol. The fourth-order valence-electron chi connectivity index (χ4n) is 0.503. The molecule has 0 bridgehead atoms. The van der Waals surface area contributed by atoms with Crippen LogP contribution in [0, 0.1) is 4.91 Å². The van der Waals surface area contributed by atoms with Crippen LogP contribution in [-0.4, -0.2) is 24.4 Å². The first-order valence-electron chi connectivity index (χ1n) is 3.24. The summed E-state index contributed by atoms with van der Waals surface area (Å²) in [6.45, 7) is 4.36. The van der Waals surface area contributed by atoms with Gasteiger partial charge in [-0.05, 0) is 12.1 Å². The first-order valence-corrected chi connectivity index (χ1v) is 3.24. The molecule has 0 aliphatic carbocycles. The number of ketones is 1. The average Bonchev–Trinajstić information content (AvgIpc) is 2.01. The minimum Gasteiger partial charge on any atom is -0.459 e. The maximum absolute atomic E-state index is 10.8. The molecule has 0 heterocycles. The lowest BCUT2D eigenvalue weighted by atomic mass is 10.2. The molecule has 0 amide bonds. The lowest BCUT2D eigenvalue weighted by molar-refractivity contribution is -0.146. The topological polar surface area (TPSA) is 72.8 Å². The maximum atomic E-state index is 10.8. The summed E-state index contributed by atoms with van der Waals surface area (Å²) in [5, 5.41) is 2.33. The molecule has 0 radical (unpaired) electrons. The first kappa shape index (κ1) is 10.5. The van der Waals surface area contributed by atoms with Crippen LogP contribution < -0.4 is 0 Å². The Bertz CT molecular complexity index is 211. The highest BCUT2D eigenvalue weighted by Gasteiger charge is 2.25. The van der Waals surface area contributed by atoms with E-state index in [1.807, 2.05) is 0 Å². The van der Waals surface area contributed by atoms with Crippen LogP contribution in [0.4, 0.5) is 0 Å². The summed E-state index contributed by atoms with van der Waals surface area (Å²) in [6, 6.07) is -1.54. The Kier molecular flexibility index (Phi) is 4.52. The predicted molar refractivity (Wildman–Crippen MR) is 41.4 cm³/mol. The van der Waals surface area contributed by atoms with Gasteiger partial charge in [-0.1, -0.05) is 12.7 Å². The van der Waals surface area contributed by atoms with Crippen LogP contribution in [0.15, 0.2) is 17.8 Å². The van der Waals surface area contributed by atoms with Crippen LogP contribution in [0.5, 0.6) is 0 Å². The number of hydrogen-bond acceptors (Lipinski definition) is 5. The van der Waals surface area contributed by atoms with Crippen molar-refractivity contribution in [1.82, 2.24) is 0 Å². The largest absolute Gasteiger partial charge is 0.459 e. The van der Waals surface area contributed by atoms with Gasteiger partial charge in [-0.25, -0.2) is 4.79 Å². The first-order chi connectivity index (χ1) is 5.63. The minimum absolute atomic E-state index is 0.0296. The van der Waals surface area contributed by atoms with E-state index in [4.69, 9.17) is 0 Å². The van der Waals surface area contributed by atoms with Gasteiger partial charge in [-0.15, -0.1) is 4.91 Å². The minimum atomic E-state index is -1.54. The number of Topliss-reactive ketones (excluding diaryl/α,β-unsaturated/α-hetero) is 1. The molecular formula is C7H9NO4. The molecule has 0 saturated carbocycles. The van der Waals surface area contributed by atoms with Gasteiger partial charge >= 0.3 is 5.97 Å². The summed E-state index contributed by atoms with van der Waals surface area (Å²) in [7, 11) is 0. The summed E-state index contributed by atoms with van der Waals surface area (Å²) < 4.78 is 4.43. The molecule has 0 aliphatic heterocycles. The second kappa shape index (κ2) is 5.17. The van der Waals surface area contributed by atoms with Gasteiger partial charge in [-0.2, -0.15) is 0 Å². The molecule has 5 nitrogen and oxygen atoms in total. The van der Waals surface area contributed by atoms with E-state index in [-0.39, 0.29) is 6.61 Å². The number of esters is 1. The Morgan fingerprint density at radius 3 is 2.58 bits per heavy atom. The molecule has 12 heavy (non-hydrogen) atoms. The highest BCUT2D eigenvalue weighted by atomic mass is 16.5. The lowest BCUT2D eigenvalue weighted by Crippen LogP contribution is -2.27. The van der Waals surface area contributed by atoms with Crippen LogP contribution in [0.25, 0.3) is 0 Å². The van der Waals surface area contributed by atoms with Crippen molar-refractivity contribution >= 4 is 11.8 Å². The van der Waals surface area contributed by atoms with Crippen LogP contribution in [-0.2, 0) is 14.3 Å². The Balaban J connectivity index is 4.12. The molecule has 0 aliphatic rings. The predicted octanol–water partition coefficient (Wildman–Crippen LogP) is 0.440. The van der Waals surface area contributed by atoms with Crippen molar-refractivity contribution in [1.29, 1.82) is 0 Å². The summed E-state index contributed by atoms with van der Waals surface area (Å²) in [6.07, 6.45) is 1.33. The SMILES string of the molecule is C=CCOC(=O)C(N=O)C(C)=O. The molecule has 0 N–H and O–H groups in total. The third-order valence-electron chi connectivity index (χ3n) is 1.06. The number of carbonyl (C=O) groups excluding carboxylic acids is 2. The zero-order valence-electron chi connectivity index (χ0n) is 6.65. The number of rotatable bonds is 5. The Morgan fingerprint density at radius 1 is 1.67 bits per heavy atom. The molecule has 0 fully saturated rings. The van der Waals surface area contributed by atoms with Gasteiger partial charge in [-0.3, -0.25) is 4.79 Å². The lowest BCUT2D eigenvalue weighted by Gasteiger charge is -2.03. The van der Waals surface area contributed by atoms with Crippen molar-refractivity contribution in [2.45, 2.75) is 13.0 Å². The smallest absolute Gasteiger partial charge is 0.342 e. The van der Waals surface area contributed by atoms with Crippen molar-refractivity contribution in [3.8, 4) is 0 Å². The molecule has 0 aromatic rings. The normalized spacial score (nSPS) is 11.4. The fourth-order valence-corrected chi connectivity index (χ4v) is 0.503. The highest BCUT2D eigenvalue weighted by Crippen LogP contribution is 1.96. The molecule has 1 unspecified atom stereocenters. The van der Waals surface area contributed by atoms with E-state index in [1.165, 1.54) is 6.08 Å². The van der Waals surface area contributed by atoms with Gasteiger partial charge < -0.3 is 4.74 Å². The molecule has 5 heteroatoms. The van der Waals surface area contributed by atoms with Crippen molar-refractivity contribution in [3.63, 3.8) is 0 Å². The van der Waals surface area contributed by atoms with Crippen molar-refractivity contribution < 1.29 is 14.3 Å². The van der Waals surface area contributed by atoms with Crippen LogP contribution in [0.1, 0.15) is 6.92 Å². The number of hydrogen-bond donors (Lipinski definition) is 0. The molecule has 66 valence electrons. The molecule has 0 spiro atoms. The van der Waals surface area contributed by atoms with E-state index in [9.17, 15) is 14.5 Å². The number of carbonyl (C=O) groups is 2. The van der Waals surface area contributed by atoms with Gasteiger partial charge in [0, 0.05) is 0 Å². The number of nitrogens with zero attached hydrogens (tertiary/aromatic N) is 1. The van der Waals surface area contributed by atoms with E-state index >= 15 is 0 Å². The third kappa shape index (κ3) is 3.05. The van der Waals surface area contributed by atoms with Gasteiger partial charge in [0.25, 0.3) is 0 Å². The second-order valence-electron chi connectivity index (χ2n) is 2.04. The Morgan fingerprint density at radius 2 is 2.25 bits per heavy atom. The molecule has 0 rings (SSSR count). The van der Waals surface area contributed by atoms with E-state index in [0.29, 0.717) is 0 Å². The van der Waals surface area contributed by atoms with Crippen molar-refractivity contribution in [2.75, 3.05) is 6.61 Å². The monoisotopic (exact) mass is 171 g/mol. The summed E-state index contributed by atoms with van der Waals surface area (Å²) >= 11 is 0. The standard InChI is InChI=1S/C7H9NO4/c1-3-4-12-7(10)6(8-11)5(2)9/h3,6H,1,4H2,2H3. The number of nitroso groups, excluding NO2 is 1. The van der Waals surface area contributed by atoms with Crippen LogP contribution in [0.3, 0.4) is 0 Å². The highest BCUT2D eigenvalue weighted by molar-refractivity contribution is 6.02. The Labute approximate surface area is 69.4 Å². The maximum Gasteiger partial charge on any atom is 0.342 e. The van der Waals surface area contributed by atoms with Crippen molar-refractivity contribution in [2.24, 2.45) is 5.18 Å². The molecule has 0 saturated heterocycles. The molecule has 0 aromatic heterocycles. The van der Waals surface area contributed by atoms with Crippen LogP contribution in [0.2, 0.25) is 0 Å². The van der Waals surface area contributed by atoms with Gasteiger partial charge in [0.1, 0.15) is 6.61 Å². The zero-order chi connectivity index (χ0) is 9.56. The van der Waals surface area contributed by atoms with Gasteiger partial charge in [0.2, 0.25) is 6.04 Å². The van der Waals surface area contributed by atoms with E-state index in [2.05, 4.69) is 16.5 Å². The average molecular weight is 171 g/mol. The third-order valence-corrected chi connectivity index (χ3v) is 1.06. The zero-order valence-corrected chi connectivity index (χ0v) is 6.65. The quantitative estimate of drug-likeness (QED) is 0.260. The van der Waals surface area contributed by atoms with Gasteiger partial charge in [0.05, 0.1) is 0 Å². The van der Waals surface area contributed by atoms with E-state index in [0.717, 1.165) is 6.92 Å². The molecule has 1 atom stereocenters. The second-order valence-corrected chi connectivity index (χ2v) is 2.04.